The average Bonchev–Trinajstić information content (AvgIpc) is 2.57. The van der Waals surface area contributed by atoms with Gasteiger partial charge in [-0.05, 0) is 44.0 Å². The highest BCUT2D eigenvalue weighted by Gasteiger charge is 2.17. The Bertz CT molecular complexity index is 778. The van der Waals surface area contributed by atoms with Crippen molar-refractivity contribution in [1.29, 1.82) is 0 Å². The zero-order chi connectivity index (χ0) is 18.4. The minimum atomic E-state index is -0.363. The molecule has 0 N–H and O–H groups in total. The molecule has 0 aliphatic heterocycles. The number of carbonyl (C=O) groups is 1. The highest BCUT2D eigenvalue weighted by Crippen LogP contribution is 2.17. The Kier molecular flexibility index (Phi) is 6.44. The van der Waals surface area contributed by atoms with Gasteiger partial charge in [0.05, 0.1) is 0 Å². The number of rotatable bonds is 7. The monoisotopic (exact) mass is 345 g/mol. The summed E-state index contributed by atoms with van der Waals surface area (Å²) < 4.78 is 14.6. The Morgan fingerprint density at radius 3 is 2.32 bits per heavy atom. The lowest BCUT2D eigenvalue weighted by atomic mass is 10.2. The quantitative estimate of drug-likeness (QED) is 0.775. The second-order valence-corrected chi connectivity index (χ2v) is 6.03. The van der Waals surface area contributed by atoms with Crippen LogP contribution in [0.25, 0.3) is 11.4 Å². The first-order chi connectivity index (χ1) is 12.0. The summed E-state index contributed by atoms with van der Waals surface area (Å²) in [7, 11) is 0. The number of halogens is 1. The summed E-state index contributed by atoms with van der Waals surface area (Å²) in [5, 5.41) is 0. The second kappa shape index (κ2) is 8.55. The van der Waals surface area contributed by atoms with Crippen LogP contribution in [0.3, 0.4) is 0 Å². The standard InChI is InChI=1S/C19H24FN3O2/c1-4-10-22(11-5-2)18(25)13-23-17(24)12-14(3)21-19(23)15-6-8-16(20)9-7-15/h6-9,12H,4-5,10-11,13H2,1-3H3. The Morgan fingerprint density at radius 2 is 1.76 bits per heavy atom. The first kappa shape index (κ1) is 18.8. The first-order valence-electron chi connectivity index (χ1n) is 8.58. The van der Waals surface area contributed by atoms with Crippen LogP contribution >= 0.6 is 0 Å². The summed E-state index contributed by atoms with van der Waals surface area (Å²) in [5.74, 6) is -0.0930. The lowest BCUT2D eigenvalue weighted by Crippen LogP contribution is -2.38. The molecule has 0 saturated carbocycles. The van der Waals surface area contributed by atoms with Crippen LogP contribution in [-0.2, 0) is 11.3 Å². The van der Waals surface area contributed by atoms with Crippen LogP contribution in [0.15, 0.2) is 35.1 Å². The van der Waals surface area contributed by atoms with Crippen LogP contribution in [0.4, 0.5) is 4.39 Å². The molecule has 0 spiro atoms. The van der Waals surface area contributed by atoms with Gasteiger partial charge in [0, 0.05) is 30.4 Å². The van der Waals surface area contributed by atoms with E-state index in [-0.39, 0.29) is 23.8 Å². The van der Waals surface area contributed by atoms with Crippen molar-refractivity contribution in [2.75, 3.05) is 13.1 Å². The molecule has 0 bridgehead atoms. The molecule has 134 valence electrons. The van der Waals surface area contributed by atoms with Gasteiger partial charge in [0.15, 0.2) is 0 Å². The molecule has 0 atom stereocenters. The zero-order valence-electron chi connectivity index (χ0n) is 15.0. The number of benzene rings is 1. The maximum Gasteiger partial charge on any atom is 0.254 e. The van der Waals surface area contributed by atoms with Gasteiger partial charge in [0.25, 0.3) is 5.56 Å². The molecule has 2 rings (SSSR count). The molecular weight excluding hydrogens is 321 g/mol. The van der Waals surface area contributed by atoms with Gasteiger partial charge in [0.1, 0.15) is 18.2 Å². The third-order valence-corrected chi connectivity index (χ3v) is 3.87. The van der Waals surface area contributed by atoms with Crippen LogP contribution in [0.2, 0.25) is 0 Å². The van der Waals surface area contributed by atoms with Crippen molar-refractivity contribution in [3.8, 4) is 11.4 Å². The van der Waals surface area contributed by atoms with Crippen molar-refractivity contribution in [1.82, 2.24) is 14.5 Å². The molecule has 5 nitrogen and oxygen atoms in total. The normalized spacial score (nSPS) is 10.7. The SMILES string of the molecule is CCCN(CCC)C(=O)Cn1c(-c2ccc(F)cc2)nc(C)cc1=O. The first-order valence-corrected chi connectivity index (χ1v) is 8.58. The Hall–Kier alpha value is -2.50. The summed E-state index contributed by atoms with van der Waals surface area (Å²) in [6.45, 7) is 7.00. The summed E-state index contributed by atoms with van der Waals surface area (Å²) >= 11 is 0. The van der Waals surface area contributed by atoms with E-state index in [1.807, 2.05) is 13.8 Å². The highest BCUT2D eigenvalue weighted by atomic mass is 19.1. The van der Waals surface area contributed by atoms with Gasteiger partial charge >= 0.3 is 0 Å². The topological polar surface area (TPSA) is 55.2 Å². The molecule has 1 aromatic carbocycles. The lowest BCUT2D eigenvalue weighted by molar-refractivity contribution is -0.132. The molecule has 0 saturated heterocycles. The van der Waals surface area contributed by atoms with Crippen LogP contribution < -0.4 is 5.56 Å². The molecule has 1 amide bonds. The highest BCUT2D eigenvalue weighted by molar-refractivity contribution is 5.76. The van der Waals surface area contributed by atoms with Crippen LogP contribution in [0, 0.1) is 12.7 Å². The Morgan fingerprint density at radius 1 is 1.16 bits per heavy atom. The fourth-order valence-corrected chi connectivity index (χ4v) is 2.73. The van der Waals surface area contributed by atoms with Crippen molar-refractivity contribution in [3.05, 3.63) is 52.2 Å². The molecule has 6 heteroatoms. The van der Waals surface area contributed by atoms with Crippen molar-refractivity contribution in [2.24, 2.45) is 0 Å². The molecule has 0 aliphatic rings. The maximum absolute atomic E-state index is 13.2. The molecule has 0 unspecified atom stereocenters. The maximum atomic E-state index is 13.2. The molecule has 25 heavy (non-hydrogen) atoms. The number of hydrogen-bond donors (Lipinski definition) is 0. The summed E-state index contributed by atoms with van der Waals surface area (Å²) in [6.07, 6.45) is 1.72. The number of nitrogens with zero attached hydrogens (tertiary/aromatic N) is 3. The van der Waals surface area contributed by atoms with Gasteiger partial charge in [-0.15, -0.1) is 0 Å². The third kappa shape index (κ3) is 4.75. The Labute approximate surface area is 147 Å². The van der Waals surface area contributed by atoms with E-state index < -0.39 is 0 Å². The summed E-state index contributed by atoms with van der Waals surface area (Å²) in [5.41, 5.74) is 0.882. The second-order valence-electron chi connectivity index (χ2n) is 6.03. The minimum Gasteiger partial charge on any atom is -0.341 e. The minimum absolute atomic E-state index is 0.0706. The summed E-state index contributed by atoms with van der Waals surface area (Å²) in [6, 6.07) is 7.16. The van der Waals surface area contributed by atoms with Crippen LogP contribution in [-0.4, -0.2) is 33.4 Å². The Balaban J connectivity index is 2.41. The predicted octanol–water partition coefficient (Wildman–Crippen LogP) is 3.01. The van der Waals surface area contributed by atoms with Crippen molar-refractivity contribution >= 4 is 5.91 Å². The van der Waals surface area contributed by atoms with E-state index in [0.29, 0.717) is 30.2 Å². The summed E-state index contributed by atoms with van der Waals surface area (Å²) in [4.78, 5) is 31.3. The fraction of sp³-hybridized carbons (Fsp3) is 0.421. The van der Waals surface area contributed by atoms with E-state index in [9.17, 15) is 14.0 Å². The lowest BCUT2D eigenvalue weighted by Gasteiger charge is -2.22. The van der Waals surface area contributed by atoms with Crippen molar-refractivity contribution < 1.29 is 9.18 Å². The van der Waals surface area contributed by atoms with Gasteiger partial charge < -0.3 is 4.90 Å². The smallest absolute Gasteiger partial charge is 0.254 e. The third-order valence-electron chi connectivity index (χ3n) is 3.87. The van der Waals surface area contributed by atoms with E-state index in [1.165, 1.54) is 22.8 Å². The van der Waals surface area contributed by atoms with Crippen molar-refractivity contribution in [2.45, 2.75) is 40.2 Å². The number of amides is 1. The van der Waals surface area contributed by atoms with E-state index in [4.69, 9.17) is 0 Å². The number of hydrogen-bond acceptors (Lipinski definition) is 3. The molecule has 0 fully saturated rings. The van der Waals surface area contributed by atoms with Gasteiger partial charge in [-0.25, -0.2) is 9.37 Å². The van der Waals surface area contributed by atoms with Gasteiger partial charge in [-0.2, -0.15) is 0 Å². The molecular formula is C19H24FN3O2. The van der Waals surface area contributed by atoms with E-state index >= 15 is 0 Å². The fourth-order valence-electron chi connectivity index (χ4n) is 2.73. The van der Waals surface area contributed by atoms with Crippen LogP contribution in [0.1, 0.15) is 32.4 Å². The number of carbonyl (C=O) groups excluding carboxylic acids is 1. The van der Waals surface area contributed by atoms with Gasteiger partial charge in [-0.3, -0.25) is 14.2 Å². The van der Waals surface area contributed by atoms with E-state index in [0.717, 1.165) is 12.8 Å². The largest absolute Gasteiger partial charge is 0.341 e. The van der Waals surface area contributed by atoms with E-state index in [2.05, 4.69) is 4.98 Å². The predicted molar refractivity (Wildman–Crippen MR) is 95.8 cm³/mol. The molecule has 0 radical (unpaired) electrons. The van der Waals surface area contributed by atoms with E-state index in [1.54, 1.807) is 24.0 Å². The molecule has 1 aromatic heterocycles. The van der Waals surface area contributed by atoms with Gasteiger partial charge in [-0.1, -0.05) is 13.8 Å². The number of aromatic nitrogens is 2. The van der Waals surface area contributed by atoms with Crippen molar-refractivity contribution in [3.63, 3.8) is 0 Å². The van der Waals surface area contributed by atoms with Crippen LogP contribution in [0.5, 0.6) is 0 Å². The number of aryl methyl sites for hydroxylation is 1. The van der Waals surface area contributed by atoms with Gasteiger partial charge in [0.2, 0.25) is 5.91 Å². The average molecular weight is 345 g/mol. The zero-order valence-corrected chi connectivity index (χ0v) is 15.0. The molecule has 2 aromatic rings. The molecule has 1 heterocycles. The molecule has 0 aliphatic carbocycles.